The molecule has 2 aliphatic rings. The van der Waals surface area contributed by atoms with Crippen LogP contribution < -0.4 is 14.2 Å². The highest BCUT2D eigenvalue weighted by Crippen LogP contribution is 2.41. The Labute approximate surface area is 127 Å². The minimum absolute atomic E-state index is 0.286. The smallest absolute Gasteiger partial charge is 0.231 e. The van der Waals surface area contributed by atoms with Gasteiger partial charge in [-0.3, -0.25) is 0 Å². The molecule has 0 amide bonds. The Morgan fingerprint density at radius 3 is 2.73 bits per heavy atom. The van der Waals surface area contributed by atoms with Crippen LogP contribution in [-0.4, -0.2) is 18.9 Å². The Morgan fingerprint density at radius 1 is 1.00 bits per heavy atom. The summed E-state index contributed by atoms with van der Waals surface area (Å²) in [5.74, 6) is 2.45. The van der Waals surface area contributed by atoms with Crippen molar-refractivity contribution in [3.8, 4) is 28.5 Å². The molecule has 5 rings (SSSR count). The molecule has 1 aliphatic heterocycles. The molecule has 0 radical (unpaired) electrons. The average Bonchev–Trinajstić information content (AvgIpc) is 3.12. The summed E-state index contributed by atoms with van der Waals surface area (Å²) in [6.45, 7) is 0.286. The summed E-state index contributed by atoms with van der Waals surface area (Å²) >= 11 is 0. The molecule has 1 aromatic heterocycles. The van der Waals surface area contributed by atoms with Gasteiger partial charge in [0.1, 0.15) is 5.75 Å². The Kier molecular flexibility index (Phi) is 2.23. The first kappa shape index (κ1) is 11.9. The number of benzene rings is 2. The fourth-order valence-corrected chi connectivity index (χ4v) is 3.26. The highest BCUT2D eigenvalue weighted by molar-refractivity contribution is 5.88. The quantitative estimate of drug-likeness (QED) is 0.538. The maximum absolute atomic E-state index is 5.45. The zero-order valence-electron chi connectivity index (χ0n) is 12.1. The molecule has 0 spiro atoms. The van der Waals surface area contributed by atoms with E-state index in [0.29, 0.717) is 0 Å². The summed E-state index contributed by atoms with van der Waals surface area (Å²) in [5.41, 5.74) is 5.69. The van der Waals surface area contributed by atoms with Gasteiger partial charge in [-0.1, -0.05) is 0 Å². The number of pyridine rings is 1. The fourth-order valence-electron chi connectivity index (χ4n) is 3.26. The van der Waals surface area contributed by atoms with Crippen LogP contribution >= 0.6 is 0 Å². The van der Waals surface area contributed by atoms with E-state index in [1.807, 2.05) is 18.2 Å². The highest BCUT2D eigenvalue weighted by Gasteiger charge is 2.22. The summed E-state index contributed by atoms with van der Waals surface area (Å²) in [5, 5.41) is 1.09. The first-order valence-electron chi connectivity index (χ1n) is 7.22. The predicted molar refractivity (Wildman–Crippen MR) is 82.7 cm³/mol. The van der Waals surface area contributed by atoms with Crippen molar-refractivity contribution in [2.75, 3.05) is 13.9 Å². The van der Waals surface area contributed by atoms with E-state index in [9.17, 15) is 0 Å². The number of rotatable bonds is 1. The van der Waals surface area contributed by atoms with E-state index < -0.39 is 0 Å². The number of hydrogen-bond donors (Lipinski definition) is 0. The molecule has 0 unspecified atom stereocenters. The first-order chi connectivity index (χ1) is 10.8. The third-order valence-corrected chi connectivity index (χ3v) is 4.34. The van der Waals surface area contributed by atoms with Crippen molar-refractivity contribution < 1.29 is 14.2 Å². The Balaban J connectivity index is 1.72. The lowest BCUT2D eigenvalue weighted by Gasteiger charge is -2.05. The minimum atomic E-state index is 0.286. The third kappa shape index (κ3) is 1.55. The van der Waals surface area contributed by atoms with Crippen molar-refractivity contribution in [3.63, 3.8) is 0 Å². The van der Waals surface area contributed by atoms with Crippen LogP contribution in [0.25, 0.3) is 22.2 Å². The van der Waals surface area contributed by atoms with Gasteiger partial charge in [-0.25, -0.2) is 4.98 Å². The Morgan fingerprint density at radius 2 is 1.86 bits per heavy atom. The van der Waals surface area contributed by atoms with E-state index in [2.05, 4.69) is 18.2 Å². The van der Waals surface area contributed by atoms with Gasteiger partial charge < -0.3 is 14.2 Å². The van der Waals surface area contributed by atoms with Gasteiger partial charge in [0, 0.05) is 23.4 Å². The van der Waals surface area contributed by atoms with Gasteiger partial charge in [-0.2, -0.15) is 0 Å². The molecule has 0 N–H and O–H groups in total. The second kappa shape index (κ2) is 4.13. The molecule has 0 fully saturated rings. The molecule has 0 saturated carbocycles. The normalized spacial score (nSPS) is 14.0. The highest BCUT2D eigenvalue weighted by atomic mass is 16.7. The SMILES string of the molecule is COc1ccc2c(c1)Cc1cc3cc4c(cc3nc1-2)OCO4. The van der Waals surface area contributed by atoms with Crippen molar-refractivity contribution >= 4 is 10.9 Å². The van der Waals surface area contributed by atoms with Crippen LogP contribution in [0.4, 0.5) is 0 Å². The van der Waals surface area contributed by atoms with Crippen LogP contribution in [0.2, 0.25) is 0 Å². The molecule has 0 bridgehead atoms. The average molecular weight is 291 g/mol. The molecule has 1 aliphatic carbocycles. The van der Waals surface area contributed by atoms with E-state index in [1.165, 1.54) is 16.7 Å². The van der Waals surface area contributed by atoms with E-state index in [0.717, 1.165) is 40.3 Å². The predicted octanol–water partition coefficient (Wildman–Crippen LogP) is 3.54. The number of nitrogens with zero attached hydrogens (tertiary/aromatic N) is 1. The lowest BCUT2D eigenvalue weighted by atomic mass is 10.1. The molecule has 2 heterocycles. The van der Waals surface area contributed by atoms with Crippen LogP contribution in [0.5, 0.6) is 17.2 Å². The van der Waals surface area contributed by atoms with Gasteiger partial charge in [0.2, 0.25) is 6.79 Å². The zero-order valence-corrected chi connectivity index (χ0v) is 12.1. The summed E-state index contributed by atoms with van der Waals surface area (Å²) in [6.07, 6.45) is 0.888. The summed E-state index contributed by atoms with van der Waals surface area (Å²) < 4.78 is 16.2. The second-order valence-corrected chi connectivity index (χ2v) is 5.59. The lowest BCUT2D eigenvalue weighted by molar-refractivity contribution is 0.174. The largest absolute Gasteiger partial charge is 0.497 e. The van der Waals surface area contributed by atoms with Crippen molar-refractivity contribution in [2.45, 2.75) is 6.42 Å². The molecule has 3 aromatic rings. The summed E-state index contributed by atoms with van der Waals surface area (Å²) in [6, 6.07) is 12.3. The molecule has 0 atom stereocenters. The van der Waals surface area contributed by atoms with Crippen molar-refractivity contribution in [1.29, 1.82) is 0 Å². The zero-order chi connectivity index (χ0) is 14.7. The fraction of sp³-hybridized carbons (Fsp3) is 0.167. The molecule has 2 aromatic carbocycles. The van der Waals surface area contributed by atoms with Crippen molar-refractivity contribution in [1.82, 2.24) is 4.98 Å². The molecular formula is C18H13NO3. The number of hydrogen-bond acceptors (Lipinski definition) is 4. The van der Waals surface area contributed by atoms with E-state index in [1.54, 1.807) is 7.11 Å². The van der Waals surface area contributed by atoms with E-state index in [4.69, 9.17) is 19.2 Å². The molecule has 4 heteroatoms. The maximum atomic E-state index is 5.45. The minimum Gasteiger partial charge on any atom is -0.497 e. The van der Waals surface area contributed by atoms with Gasteiger partial charge in [-0.15, -0.1) is 0 Å². The Bertz CT molecular complexity index is 933. The summed E-state index contributed by atoms with van der Waals surface area (Å²) in [7, 11) is 1.69. The topological polar surface area (TPSA) is 40.6 Å². The third-order valence-electron chi connectivity index (χ3n) is 4.34. The van der Waals surface area contributed by atoms with Crippen molar-refractivity contribution in [2.24, 2.45) is 0 Å². The van der Waals surface area contributed by atoms with Crippen LogP contribution in [0, 0.1) is 0 Å². The first-order valence-corrected chi connectivity index (χ1v) is 7.22. The molecule has 0 saturated heterocycles. The number of methoxy groups -OCH3 is 1. The number of aromatic nitrogens is 1. The van der Waals surface area contributed by atoms with Gasteiger partial charge in [-0.05, 0) is 41.5 Å². The standard InChI is InChI=1S/C18H13NO3/c1-20-13-2-3-14-10(6-13)4-12-5-11-7-16-17(22-9-21-16)8-15(11)19-18(12)14/h2-3,5-8H,4,9H2,1H3. The van der Waals surface area contributed by atoms with Gasteiger partial charge >= 0.3 is 0 Å². The number of ether oxygens (including phenoxy) is 3. The van der Waals surface area contributed by atoms with E-state index in [-0.39, 0.29) is 6.79 Å². The van der Waals surface area contributed by atoms with Gasteiger partial charge in [0.25, 0.3) is 0 Å². The van der Waals surface area contributed by atoms with Crippen LogP contribution in [0.3, 0.4) is 0 Å². The monoisotopic (exact) mass is 291 g/mol. The van der Waals surface area contributed by atoms with Gasteiger partial charge in [0.15, 0.2) is 11.5 Å². The second-order valence-electron chi connectivity index (χ2n) is 5.59. The summed E-state index contributed by atoms with van der Waals surface area (Å²) in [4.78, 5) is 4.85. The van der Waals surface area contributed by atoms with Crippen LogP contribution in [-0.2, 0) is 6.42 Å². The van der Waals surface area contributed by atoms with Gasteiger partial charge in [0.05, 0.1) is 18.3 Å². The molecular weight excluding hydrogens is 278 g/mol. The molecule has 4 nitrogen and oxygen atoms in total. The number of fused-ring (bicyclic) bond motifs is 5. The molecule has 108 valence electrons. The van der Waals surface area contributed by atoms with Crippen molar-refractivity contribution in [3.05, 3.63) is 47.5 Å². The maximum Gasteiger partial charge on any atom is 0.231 e. The lowest BCUT2D eigenvalue weighted by Crippen LogP contribution is -1.92. The Hall–Kier alpha value is -2.75. The van der Waals surface area contributed by atoms with Crippen LogP contribution in [0.1, 0.15) is 11.1 Å². The van der Waals surface area contributed by atoms with E-state index >= 15 is 0 Å². The van der Waals surface area contributed by atoms with Crippen LogP contribution in [0.15, 0.2) is 36.4 Å². The molecule has 22 heavy (non-hydrogen) atoms.